The molecule has 4 heteroatoms. The van der Waals surface area contributed by atoms with Crippen molar-refractivity contribution >= 4 is 0 Å². The fourth-order valence-corrected chi connectivity index (χ4v) is 2.99. The first-order valence-corrected chi connectivity index (χ1v) is 6.86. The standard InChI is InChI=1S/C15H23FN2O/c1-11(17)15(13-3-5-14(16)6-4-13)18-8-7-12(9-18)10-19-2/h3-6,11-12,15H,7-10,17H2,1-2H3. The van der Waals surface area contributed by atoms with Crippen LogP contribution in [0.5, 0.6) is 0 Å². The fraction of sp³-hybridized carbons (Fsp3) is 0.600. The minimum atomic E-state index is -0.203. The van der Waals surface area contributed by atoms with Crippen LogP contribution < -0.4 is 5.73 Å². The second kappa shape index (κ2) is 6.46. The van der Waals surface area contributed by atoms with Crippen LogP contribution in [0.2, 0.25) is 0 Å². The van der Waals surface area contributed by atoms with Gasteiger partial charge in [-0.3, -0.25) is 4.90 Å². The maximum Gasteiger partial charge on any atom is 0.123 e. The molecule has 3 unspecified atom stereocenters. The van der Waals surface area contributed by atoms with E-state index in [0.29, 0.717) is 5.92 Å². The second-order valence-corrected chi connectivity index (χ2v) is 5.46. The van der Waals surface area contributed by atoms with Crippen molar-refractivity contribution in [3.05, 3.63) is 35.6 Å². The predicted molar refractivity (Wildman–Crippen MR) is 74.3 cm³/mol. The molecule has 2 N–H and O–H groups in total. The summed E-state index contributed by atoms with van der Waals surface area (Å²) in [4.78, 5) is 2.39. The summed E-state index contributed by atoms with van der Waals surface area (Å²) in [5.41, 5.74) is 7.23. The van der Waals surface area contributed by atoms with Crippen molar-refractivity contribution < 1.29 is 9.13 Å². The quantitative estimate of drug-likeness (QED) is 0.888. The van der Waals surface area contributed by atoms with Gasteiger partial charge in [-0.1, -0.05) is 12.1 Å². The number of halogens is 1. The Balaban J connectivity index is 2.11. The van der Waals surface area contributed by atoms with Gasteiger partial charge < -0.3 is 10.5 Å². The molecule has 3 atom stereocenters. The monoisotopic (exact) mass is 266 g/mol. The lowest BCUT2D eigenvalue weighted by Gasteiger charge is -2.31. The van der Waals surface area contributed by atoms with Crippen LogP contribution in [0.3, 0.4) is 0 Å². The Morgan fingerprint density at radius 1 is 1.42 bits per heavy atom. The Labute approximate surface area is 114 Å². The number of methoxy groups -OCH3 is 1. The van der Waals surface area contributed by atoms with Gasteiger partial charge in [-0.05, 0) is 43.5 Å². The predicted octanol–water partition coefficient (Wildman–Crippen LogP) is 2.18. The van der Waals surface area contributed by atoms with Crippen LogP contribution in [-0.2, 0) is 4.74 Å². The van der Waals surface area contributed by atoms with Gasteiger partial charge in [-0.15, -0.1) is 0 Å². The van der Waals surface area contributed by atoms with Crippen LogP contribution >= 0.6 is 0 Å². The van der Waals surface area contributed by atoms with E-state index in [0.717, 1.165) is 31.7 Å². The van der Waals surface area contributed by atoms with E-state index in [4.69, 9.17) is 10.5 Å². The highest BCUT2D eigenvalue weighted by Crippen LogP contribution is 2.29. The summed E-state index contributed by atoms with van der Waals surface area (Å²) in [5.74, 6) is 0.373. The minimum Gasteiger partial charge on any atom is -0.384 e. The van der Waals surface area contributed by atoms with E-state index >= 15 is 0 Å². The maximum atomic E-state index is 13.0. The molecule has 3 nitrogen and oxygen atoms in total. The van der Waals surface area contributed by atoms with Crippen molar-refractivity contribution in [2.24, 2.45) is 11.7 Å². The number of hydrogen-bond donors (Lipinski definition) is 1. The van der Waals surface area contributed by atoms with Crippen LogP contribution in [0.1, 0.15) is 24.9 Å². The topological polar surface area (TPSA) is 38.5 Å². The zero-order valence-electron chi connectivity index (χ0n) is 11.7. The van der Waals surface area contributed by atoms with Gasteiger partial charge in [0.15, 0.2) is 0 Å². The van der Waals surface area contributed by atoms with Gasteiger partial charge in [-0.25, -0.2) is 4.39 Å². The number of benzene rings is 1. The van der Waals surface area contributed by atoms with Gasteiger partial charge in [0.2, 0.25) is 0 Å². The van der Waals surface area contributed by atoms with Crippen molar-refractivity contribution in [2.45, 2.75) is 25.4 Å². The van der Waals surface area contributed by atoms with E-state index in [-0.39, 0.29) is 17.9 Å². The molecule has 0 radical (unpaired) electrons. The Kier molecular flexibility index (Phi) is 4.91. The van der Waals surface area contributed by atoms with E-state index in [2.05, 4.69) is 4.90 Å². The summed E-state index contributed by atoms with van der Waals surface area (Å²) in [6.45, 7) is 4.83. The number of ether oxygens (including phenoxy) is 1. The lowest BCUT2D eigenvalue weighted by Crippen LogP contribution is -2.38. The average Bonchev–Trinajstić information content (AvgIpc) is 2.80. The summed E-state index contributed by atoms with van der Waals surface area (Å²) in [6, 6.07) is 6.87. The number of nitrogens with zero attached hydrogens (tertiary/aromatic N) is 1. The molecule has 0 spiro atoms. The summed E-state index contributed by atoms with van der Waals surface area (Å²) >= 11 is 0. The number of hydrogen-bond acceptors (Lipinski definition) is 3. The third kappa shape index (κ3) is 3.53. The molecular formula is C15H23FN2O. The molecule has 1 saturated heterocycles. The highest BCUT2D eigenvalue weighted by Gasteiger charge is 2.31. The molecular weight excluding hydrogens is 243 g/mol. The molecule has 1 aliphatic heterocycles. The van der Waals surface area contributed by atoms with Gasteiger partial charge in [-0.2, -0.15) is 0 Å². The lowest BCUT2D eigenvalue weighted by atomic mass is 9.99. The van der Waals surface area contributed by atoms with E-state index in [1.165, 1.54) is 12.1 Å². The average molecular weight is 266 g/mol. The SMILES string of the molecule is COCC1CCN(C(c2ccc(F)cc2)C(C)N)C1. The zero-order valence-corrected chi connectivity index (χ0v) is 11.7. The smallest absolute Gasteiger partial charge is 0.123 e. The van der Waals surface area contributed by atoms with Crippen LogP contribution in [-0.4, -0.2) is 37.7 Å². The highest BCUT2D eigenvalue weighted by atomic mass is 19.1. The third-order valence-corrected chi connectivity index (χ3v) is 3.82. The summed E-state index contributed by atoms with van der Waals surface area (Å²) in [6.07, 6.45) is 1.14. The second-order valence-electron chi connectivity index (χ2n) is 5.46. The van der Waals surface area contributed by atoms with Crippen LogP contribution in [0.4, 0.5) is 4.39 Å². The first kappa shape index (κ1) is 14.4. The van der Waals surface area contributed by atoms with E-state index in [9.17, 15) is 4.39 Å². The maximum absolute atomic E-state index is 13.0. The van der Waals surface area contributed by atoms with Gasteiger partial charge in [0.25, 0.3) is 0 Å². The highest BCUT2D eigenvalue weighted by molar-refractivity contribution is 5.21. The minimum absolute atomic E-state index is 0.0201. The number of nitrogens with two attached hydrogens (primary N) is 1. The lowest BCUT2D eigenvalue weighted by molar-refractivity contribution is 0.143. The molecule has 1 aromatic carbocycles. The van der Waals surface area contributed by atoms with Crippen molar-refractivity contribution in [1.29, 1.82) is 0 Å². The summed E-state index contributed by atoms with van der Waals surface area (Å²) < 4.78 is 18.3. The molecule has 0 aromatic heterocycles. The van der Waals surface area contributed by atoms with Gasteiger partial charge >= 0.3 is 0 Å². The Morgan fingerprint density at radius 2 is 2.11 bits per heavy atom. The van der Waals surface area contributed by atoms with E-state index < -0.39 is 0 Å². The molecule has 0 amide bonds. The molecule has 106 valence electrons. The van der Waals surface area contributed by atoms with Crippen LogP contribution in [0.25, 0.3) is 0 Å². The van der Waals surface area contributed by atoms with Crippen molar-refractivity contribution in [1.82, 2.24) is 4.90 Å². The largest absolute Gasteiger partial charge is 0.384 e. The summed E-state index contributed by atoms with van der Waals surface area (Å²) in [5, 5.41) is 0. The van der Waals surface area contributed by atoms with Crippen molar-refractivity contribution in [2.75, 3.05) is 26.8 Å². The molecule has 19 heavy (non-hydrogen) atoms. The Morgan fingerprint density at radius 3 is 2.68 bits per heavy atom. The Hall–Kier alpha value is -0.970. The fourth-order valence-electron chi connectivity index (χ4n) is 2.99. The molecule has 1 aliphatic rings. The normalized spacial score (nSPS) is 23.5. The molecule has 1 fully saturated rings. The van der Waals surface area contributed by atoms with Gasteiger partial charge in [0.05, 0.1) is 6.61 Å². The molecule has 2 rings (SSSR count). The molecule has 0 aliphatic carbocycles. The van der Waals surface area contributed by atoms with E-state index in [1.54, 1.807) is 7.11 Å². The Bertz CT molecular complexity index is 394. The van der Waals surface area contributed by atoms with Crippen molar-refractivity contribution in [3.8, 4) is 0 Å². The number of rotatable bonds is 5. The number of likely N-dealkylation sites (tertiary alicyclic amines) is 1. The van der Waals surface area contributed by atoms with Gasteiger partial charge in [0, 0.05) is 25.7 Å². The first-order valence-electron chi connectivity index (χ1n) is 6.86. The zero-order chi connectivity index (χ0) is 13.8. The molecule has 0 bridgehead atoms. The van der Waals surface area contributed by atoms with Gasteiger partial charge in [0.1, 0.15) is 5.82 Å². The van der Waals surface area contributed by atoms with Crippen LogP contribution in [0.15, 0.2) is 24.3 Å². The third-order valence-electron chi connectivity index (χ3n) is 3.82. The molecule has 1 heterocycles. The summed E-state index contributed by atoms with van der Waals surface area (Å²) in [7, 11) is 1.74. The molecule has 0 saturated carbocycles. The van der Waals surface area contributed by atoms with Crippen LogP contribution in [0, 0.1) is 11.7 Å². The molecule has 1 aromatic rings. The van der Waals surface area contributed by atoms with E-state index in [1.807, 2.05) is 19.1 Å². The van der Waals surface area contributed by atoms with Crippen molar-refractivity contribution in [3.63, 3.8) is 0 Å². The first-order chi connectivity index (χ1) is 9.11.